The van der Waals surface area contributed by atoms with Crippen LogP contribution in [0.5, 0.6) is 11.5 Å². The molecule has 36 heavy (non-hydrogen) atoms. The number of aliphatic imine (C=N–C) groups is 1. The predicted octanol–water partition coefficient (Wildman–Crippen LogP) is 3.87. The molecule has 6 bridgehead atoms. The average molecular weight is 491 g/mol. The van der Waals surface area contributed by atoms with E-state index in [0.29, 0.717) is 30.8 Å². The van der Waals surface area contributed by atoms with Gasteiger partial charge >= 0.3 is 0 Å². The van der Waals surface area contributed by atoms with Gasteiger partial charge in [-0.25, -0.2) is 4.99 Å². The van der Waals surface area contributed by atoms with Crippen LogP contribution in [-0.2, 0) is 17.8 Å². The Labute approximate surface area is 211 Å². The number of ether oxygens (including phenoxy) is 2. The first kappa shape index (κ1) is 24.2. The maximum atomic E-state index is 13.4. The van der Waals surface area contributed by atoms with Crippen LogP contribution in [0.15, 0.2) is 41.4 Å². The Morgan fingerprint density at radius 1 is 1.19 bits per heavy atom. The monoisotopic (exact) mass is 490 g/mol. The topological polar surface area (TPSA) is 106 Å². The second-order valence-electron chi connectivity index (χ2n) is 9.89. The van der Waals surface area contributed by atoms with Crippen LogP contribution in [-0.4, -0.2) is 41.4 Å². The van der Waals surface area contributed by atoms with Crippen LogP contribution in [0.3, 0.4) is 0 Å². The fourth-order valence-corrected chi connectivity index (χ4v) is 5.33. The van der Waals surface area contributed by atoms with Gasteiger partial charge in [0.15, 0.2) is 5.96 Å². The molecule has 3 N–H and O–H groups in total. The molecule has 0 aliphatic carbocycles. The molecule has 8 heteroatoms. The molecule has 3 unspecified atom stereocenters. The summed E-state index contributed by atoms with van der Waals surface area (Å²) in [6, 6.07) is 11.4. The molecular weight excluding hydrogens is 456 g/mol. The maximum absolute atomic E-state index is 13.4. The van der Waals surface area contributed by atoms with Gasteiger partial charge in [0.1, 0.15) is 11.5 Å². The summed E-state index contributed by atoms with van der Waals surface area (Å²) in [5.74, 6) is 1.45. The molecule has 3 atom stereocenters. The molecule has 2 amide bonds. The number of nitrogens with one attached hydrogen (secondary N) is 1. The lowest BCUT2D eigenvalue weighted by Crippen LogP contribution is -2.46. The average Bonchev–Trinajstić information content (AvgIpc) is 2.84. The second kappa shape index (κ2) is 10.2. The van der Waals surface area contributed by atoms with Crippen LogP contribution in [0.4, 0.5) is 0 Å². The standard InChI is InChI=1S/C28H34N4O4/c1-3-35-24-11-9-19-14-20(24)16-32-26(33)15-21(30-28(32)29)7-5-4-6-18-8-10-25-22(13-18)23(31-27(19)34)12-17(2)36-25/h8-11,13-14,17,21,23H,3-7,12,15-16H2,1-2H3,(H2,29,30)(H,31,34). The van der Waals surface area contributed by atoms with Gasteiger partial charge in [-0.3, -0.25) is 14.5 Å². The van der Waals surface area contributed by atoms with Gasteiger partial charge in [0.2, 0.25) is 5.91 Å². The highest BCUT2D eigenvalue weighted by Gasteiger charge is 2.30. The fraction of sp³-hybridized carbons (Fsp3) is 0.464. The van der Waals surface area contributed by atoms with Gasteiger partial charge in [-0.1, -0.05) is 18.6 Å². The van der Waals surface area contributed by atoms with Crippen molar-refractivity contribution in [1.82, 2.24) is 10.2 Å². The molecule has 8 nitrogen and oxygen atoms in total. The van der Waals surface area contributed by atoms with E-state index in [4.69, 9.17) is 15.2 Å². The van der Waals surface area contributed by atoms with Crippen LogP contribution in [0.1, 0.15) is 79.0 Å². The summed E-state index contributed by atoms with van der Waals surface area (Å²) in [6.45, 7) is 4.60. The normalized spacial score (nSPS) is 24.2. The van der Waals surface area contributed by atoms with Gasteiger partial charge in [0.25, 0.3) is 5.91 Å². The molecule has 4 aliphatic rings. The Balaban J connectivity index is 1.53. The number of guanidine groups is 1. The summed E-state index contributed by atoms with van der Waals surface area (Å²) < 4.78 is 11.9. The Bertz CT molecular complexity index is 1190. The van der Waals surface area contributed by atoms with Crippen molar-refractivity contribution in [2.24, 2.45) is 10.7 Å². The molecule has 190 valence electrons. The van der Waals surface area contributed by atoms with Gasteiger partial charge in [0, 0.05) is 29.5 Å². The first-order valence-electron chi connectivity index (χ1n) is 12.9. The fourth-order valence-electron chi connectivity index (χ4n) is 5.33. The summed E-state index contributed by atoms with van der Waals surface area (Å²) in [6.07, 6.45) is 4.71. The van der Waals surface area contributed by atoms with Gasteiger partial charge in [-0.2, -0.15) is 0 Å². The van der Waals surface area contributed by atoms with Crippen molar-refractivity contribution in [3.8, 4) is 11.5 Å². The first-order valence-corrected chi connectivity index (χ1v) is 12.9. The Morgan fingerprint density at radius 2 is 2.06 bits per heavy atom. The van der Waals surface area contributed by atoms with Crippen molar-refractivity contribution < 1.29 is 19.1 Å². The number of rotatable bonds is 2. The highest BCUT2D eigenvalue weighted by molar-refractivity contribution is 5.99. The summed E-state index contributed by atoms with van der Waals surface area (Å²) in [5, 5.41) is 3.22. The summed E-state index contributed by atoms with van der Waals surface area (Å²) in [7, 11) is 0. The Hall–Kier alpha value is -3.55. The zero-order valence-corrected chi connectivity index (χ0v) is 21.0. The first-order chi connectivity index (χ1) is 17.4. The number of hydrogen-bond acceptors (Lipinski definition) is 6. The summed E-state index contributed by atoms with van der Waals surface area (Å²) >= 11 is 0. The van der Waals surface area contributed by atoms with Crippen molar-refractivity contribution in [3.63, 3.8) is 0 Å². The minimum atomic E-state index is -0.178. The number of carbonyl (C=O) groups excluding carboxylic acids is 2. The van der Waals surface area contributed by atoms with Crippen LogP contribution < -0.4 is 20.5 Å². The molecule has 0 spiro atoms. The van der Waals surface area contributed by atoms with Crippen LogP contribution >= 0.6 is 0 Å². The number of fused-ring (bicyclic) bond motifs is 5. The molecule has 6 rings (SSSR count). The highest BCUT2D eigenvalue weighted by atomic mass is 16.5. The zero-order chi connectivity index (χ0) is 25.2. The maximum Gasteiger partial charge on any atom is 0.251 e. The summed E-state index contributed by atoms with van der Waals surface area (Å²) in [4.78, 5) is 32.5. The smallest absolute Gasteiger partial charge is 0.251 e. The number of carbonyl (C=O) groups is 2. The molecule has 4 aliphatic heterocycles. The van der Waals surface area contributed by atoms with Crippen LogP contribution in [0.2, 0.25) is 0 Å². The molecule has 4 heterocycles. The number of nitrogens with zero attached hydrogens (tertiary/aromatic N) is 2. The van der Waals surface area contributed by atoms with Gasteiger partial charge in [-0.05, 0) is 62.9 Å². The molecule has 2 aromatic rings. The van der Waals surface area contributed by atoms with E-state index in [9.17, 15) is 9.59 Å². The lowest BCUT2D eigenvalue weighted by molar-refractivity contribution is -0.128. The van der Waals surface area contributed by atoms with E-state index in [1.54, 1.807) is 18.2 Å². The molecule has 0 saturated heterocycles. The van der Waals surface area contributed by atoms with Gasteiger partial charge in [0.05, 0.1) is 31.3 Å². The van der Waals surface area contributed by atoms with Crippen LogP contribution in [0, 0.1) is 0 Å². The van der Waals surface area contributed by atoms with E-state index < -0.39 is 0 Å². The number of nitrogens with two attached hydrogens (primary N) is 1. The molecule has 2 aromatic carbocycles. The van der Waals surface area contributed by atoms with Crippen molar-refractivity contribution in [3.05, 3.63) is 58.7 Å². The number of aryl methyl sites for hydroxylation is 1. The number of hydrogen-bond donors (Lipinski definition) is 2. The van der Waals surface area contributed by atoms with E-state index in [1.807, 2.05) is 19.9 Å². The third kappa shape index (κ3) is 5.03. The Morgan fingerprint density at radius 3 is 2.86 bits per heavy atom. The van der Waals surface area contributed by atoms with E-state index in [0.717, 1.165) is 42.6 Å². The molecule has 0 saturated carbocycles. The SMILES string of the molecule is CCOc1ccc2cc1CN1C(=O)CC(CCCCc3ccc4c(c3)C(CC(C)O4)NC2=O)N=C1N. The molecule has 0 radical (unpaired) electrons. The van der Waals surface area contributed by atoms with E-state index in [1.165, 1.54) is 10.5 Å². The zero-order valence-electron chi connectivity index (χ0n) is 21.0. The predicted molar refractivity (Wildman–Crippen MR) is 137 cm³/mol. The lowest BCUT2D eigenvalue weighted by Gasteiger charge is -2.32. The van der Waals surface area contributed by atoms with Crippen molar-refractivity contribution in [1.29, 1.82) is 0 Å². The van der Waals surface area contributed by atoms with Gasteiger partial charge in [-0.15, -0.1) is 0 Å². The van der Waals surface area contributed by atoms with Crippen molar-refractivity contribution >= 4 is 17.8 Å². The Kier molecular flexibility index (Phi) is 6.85. The number of benzene rings is 2. The quantitative estimate of drug-likeness (QED) is 0.665. The molecule has 0 aromatic heterocycles. The van der Waals surface area contributed by atoms with Crippen molar-refractivity contribution in [2.45, 2.75) is 77.1 Å². The third-order valence-electron chi connectivity index (χ3n) is 7.16. The van der Waals surface area contributed by atoms with E-state index in [2.05, 4.69) is 22.4 Å². The number of amides is 2. The second-order valence-corrected chi connectivity index (χ2v) is 9.89. The van der Waals surface area contributed by atoms with E-state index in [-0.39, 0.29) is 42.5 Å². The third-order valence-corrected chi connectivity index (χ3v) is 7.16. The minimum absolute atomic E-state index is 0.000903. The minimum Gasteiger partial charge on any atom is -0.494 e. The largest absolute Gasteiger partial charge is 0.494 e. The van der Waals surface area contributed by atoms with Crippen molar-refractivity contribution in [2.75, 3.05) is 6.61 Å². The lowest BCUT2D eigenvalue weighted by atomic mass is 9.93. The van der Waals surface area contributed by atoms with Gasteiger partial charge < -0.3 is 20.5 Å². The molecule has 0 fully saturated rings. The summed E-state index contributed by atoms with van der Waals surface area (Å²) in [5.41, 5.74) is 9.72. The molecular formula is C28H34N4O4. The van der Waals surface area contributed by atoms with Crippen LogP contribution in [0.25, 0.3) is 0 Å². The highest BCUT2D eigenvalue weighted by Crippen LogP contribution is 2.36. The van der Waals surface area contributed by atoms with E-state index >= 15 is 0 Å².